The van der Waals surface area contributed by atoms with Crippen LogP contribution in [0.25, 0.3) is 0 Å². The van der Waals surface area contributed by atoms with E-state index in [-0.39, 0.29) is 5.41 Å². The van der Waals surface area contributed by atoms with Crippen LogP contribution in [0, 0.1) is 0 Å². The Morgan fingerprint density at radius 2 is 1.73 bits per heavy atom. The number of hydrogen-bond acceptors (Lipinski definition) is 4. The van der Waals surface area contributed by atoms with Crippen LogP contribution in [0.1, 0.15) is 41.9 Å². The number of aromatic nitrogens is 3. The smallest absolute Gasteiger partial charge is 0.147 e. The quantitative estimate of drug-likeness (QED) is 0.707. The second-order valence-corrected chi connectivity index (χ2v) is 7.46. The third-order valence-corrected chi connectivity index (χ3v) is 6.18. The van der Waals surface area contributed by atoms with Gasteiger partial charge in [-0.3, -0.25) is 9.97 Å². The molecule has 0 radical (unpaired) electrons. The zero-order valence-corrected chi connectivity index (χ0v) is 14.8. The Morgan fingerprint density at radius 3 is 2.50 bits per heavy atom. The zero-order valence-electron chi connectivity index (χ0n) is 14.8. The summed E-state index contributed by atoms with van der Waals surface area (Å²) in [6.45, 7) is 2.07. The molecular weight excluding hydrogens is 320 g/mol. The Morgan fingerprint density at radius 1 is 0.885 bits per heavy atom. The van der Waals surface area contributed by atoms with Gasteiger partial charge in [-0.05, 0) is 47.4 Å². The van der Waals surface area contributed by atoms with Gasteiger partial charge in [0.25, 0.3) is 0 Å². The van der Waals surface area contributed by atoms with E-state index in [1.807, 2.05) is 18.6 Å². The predicted molar refractivity (Wildman–Crippen MR) is 102 cm³/mol. The highest BCUT2D eigenvalue weighted by molar-refractivity contribution is 5.49. The summed E-state index contributed by atoms with van der Waals surface area (Å²) >= 11 is 0. The van der Waals surface area contributed by atoms with E-state index in [2.05, 4.69) is 56.3 Å². The fourth-order valence-corrected chi connectivity index (χ4v) is 4.87. The zero-order chi connectivity index (χ0) is 17.4. The fraction of sp³-hybridized carbons (Fsp3) is 0.318. The van der Waals surface area contributed by atoms with Crippen LogP contribution in [0.2, 0.25) is 0 Å². The first-order chi connectivity index (χ1) is 12.9. The molecule has 1 atom stereocenters. The molecule has 1 fully saturated rings. The Balaban J connectivity index is 1.45. The SMILES string of the molecule is c1cncc([C@@H]2CC3(CCN(c4cnccn4)CC3)c3ccccc32)c1. The molecule has 1 aromatic carbocycles. The van der Waals surface area contributed by atoms with Crippen LogP contribution < -0.4 is 4.90 Å². The second-order valence-electron chi connectivity index (χ2n) is 7.46. The van der Waals surface area contributed by atoms with Crippen molar-refractivity contribution in [1.82, 2.24) is 15.0 Å². The number of nitrogens with zero attached hydrogens (tertiary/aromatic N) is 4. The summed E-state index contributed by atoms with van der Waals surface area (Å²) in [5.41, 5.74) is 4.66. The lowest BCUT2D eigenvalue weighted by Gasteiger charge is -2.40. The van der Waals surface area contributed by atoms with Crippen molar-refractivity contribution in [1.29, 1.82) is 0 Å². The Bertz CT molecular complexity index is 886. The second kappa shape index (κ2) is 6.20. The molecule has 0 bridgehead atoms. The summed E-state index contributed by atoms with van der Waals surface area (Å²) in [6, 6.07) is 13.3. The van der Waals surface area contributed by atoms with E-state index in [0.717, 1.165) is 31.7 Å². The molecule has 2 aliphatic rings. The summed E-state index contributed by atoms with van der Waals surface area (Å²) in [4.78, 5) is 15.4. The molecule has 3 heterocycles. The summed E-state index contributed by atoms with van der Waals surface area (Å²) in [6.07, 6.45) is 12.8. The monoisotopic (exact) mass is 342 g/mol. The van der Waals surface area contributed by atoms with Crippen molar-refractivity contribution in [2.45, 2.75) is 30.6 Å². The molecule has 1 spiro atoms. The average Bonchev–Trinajstić information content (AvgIpc) is 3.04. The molecule has 0 saturated carbocycles. The Labute approximate surface area is 154 Å². The van der Waals surface area contributed by atoms with E-state index in [1.54, 1.807) is 18.0 Å². The normalized spacial score (nSPS) is 20.9. The van der Waals surface area contributed by atoms with Gasteiger partial charge in [0, 0.05) is 43.8 Å². The van der Waals surface area contributed by atoms with Gasteiger partial charge < -0.3 is 4.90 Å². The molecule has 4 heteroatoms. The molecule has 0 amide bonds. The maximum atomic E-state index is 4.48. The molecular formula is C22H22N4. The highest BCUT2D eigenvalue weighted by Crippen LogP contribution is 2.53. The summed E-state index contributed by atoms with van der Waals surface area (Å²) in [5.74, 6) is 1.46. The minimum absolute atomic E-state index is 0.274. The van der Waals surface area contributed by atoms with E-state index < -0.39 is 0 Å². The van der Waals surface area contributed by atoms with Crippen LogP contribution in [0.3, 0.4) is 0 Å². The van der Waals surface area contributed by atoms with Gasteiger partial charge in [-0.1, -0.05) is 30.3 Å². The van der Waals surface area contributed by atoms with Gasteiger partial charge >= 0.3 is 0 Å². The molecule has 1 aliphatic carbocycles. The van der Waals surface area contributed by atoms with Crippen molar-refractivity contribution >= 4 is 5.82 Å². The minimum Gasteiger partial charge on any atom is -0.355 e. The maximum Gasteiger partial charge on any atom is 0.147 e. The van der Waals surface area contributed by atoms with Gasteiger partial charge in [0.1, 0.15) is 5.82 Å². The van der Waals surface area contributed by atoms with Crippen LogP contribution in [-0.4, -0.2) is 28.0 Å². The lowest BCUT2D eigenvalue weighted by Crippen LogP contribution is -2.42. The summed E-state index contributed by atoms with van der Waals surface area (Å²) in [7, 11) is 0. The lowest BCUT2D eigenvalue weighted by molar-refractivity contribution is 0.321. The molecule has 1 aliphatic heterocycles. The van der Waals surface area contributed by atoms with Crippen LogP contribution in [0.5, 0.6) is 0 Å². The van der Waals surface area contributed by atoms with Gasteiger partial charge in [-0.15, -0.1) is 0 Å². The average molecular weight is 342 g/mol. The summed E-state index contributed by atoms with van der Waals surface area (Å²) in [5, 5.41) is 0. The molecule has 5 rings (SSSR count). The molecule has 0 N–H and O–H groups in total. The van der Waals surface area contributed by atoms with Crippen LogP contribution in [0.4, 0.5) is 5.82 Å². The fourth-order valence-electron chi connectivity index (χ4n) is 4.87. The number of rotatable bonds is 2. The van der Waals surface area contributed by atoms with Crippen molar-refractivity contribution in [3.05, 3.63) is 84.1 Å². The number of pyridine rings is 1. The van der Waals surface area contributed by atoms with E-state index >= 15 is 0 Å². The molecule has 26 heavy (non-hydrogen) atoms. The first-order valence-electron chi connectivity index (χ1n) is 9.36. The highest BCUT2D eigenvalue weighted by Gasteiger charge is 2.45. The van der Waals surface area contributed by atoms with Gasteiger partial charge in [0.2, 0.25) is 0 Å². The number of hydrogen-bond donors (Lipinski definition) is 0. The van der Waals surface area contributed by atoms with Crippen molar-refractivity contribution in [3.8, 4) is 0 Å². The molecule has 1 saturated heterocycles. The van der Waals surface area contributed by atoms with Crippen molar-refractivity contribution in [2.75, 3.05) is 18.0 Å². The lowest BCUT2D eigenvalue weighted by atomic mass is 9.73. The van der Waals surface area contributed by atoms with Gasteiger partial charge in [-0.2, -0.15) is 0 Å². The third kappa shape index (κ3) is 2.48. The molecule has 0 unspecified atom stereocenters. The van der Waals surface area contributed by atoms with Crippen LogP contribution in [0.15, 0.2) is 67.4 Å². The first-order valence-corrected chi connectivity index (χ1v) is 9.36. The van der Waals surface area contributed by atoms with Gasteiger partial charge in [0.05, 0.1) is 6.20 Å². The Hall–Kier alpha value is -2.75. The molecule has 130 valence electrons. The minimum atomic E-state index is 0.274. The Kier molecular flexibility index (Phi) is 3.70. The summed E-state index contributed by atoms with van der Waals surface area (Å²) < 4.78 is 0. The maximum absolute atomic E-state index is 4.48. The van der Waals surface area contributed by atoms with Crippen molar-refractivity contribution in [3.63, 3.8) is 0 Å². The topological polar surface area (TPSA) is 41.9 Å². The van der Waals surface area contributed by atoms with Gasteiger partial charge in [-0.25, -0.2) is 4.98 Å². The van der Waals surface area contributed by atoms with E-state index in [0.29, 0.717) is 5.92 Å². The highest BCUT2D eigenvalue weighted by atomic mass is 15.2. The van der Waals surface area contributed by atoms with Gasteiger partial charge in [0.15, 0.2) is 0 Å². The largest absolute Gasteiger partial charge is 0.355 e. The number of piperidine rings is 1. The standard InChI is InChI=1S/C22H22N4/c1-2-6-20-18(5-1)19(17-4-3-9-23-15-17)14-22(20)7-12-26(13-8-22)21-16-24-10-11-25-21/h1-6,9-11,15-16,19H,7-8,12-14H2/t19-/m0/s1. The number of fused-ring (bicyclic) bond motifs is 2. The van der Waals surface area contributed by atoms with E-state index in [1.165, 1.54) is 17.5 Å². The van der Waals surface area contributed by atoms with E-state index in [9.17, 15) is 0 Å². The van der Waals surface area contributed by atoms with Crippen molar-refractivity contribution < 1.29 is 0 Å². The first kappa shape index (κ1) is 15.5. The van der Waals surface area contributed by atoms with Crippen molar-refractivity contribution in [2.24, 2.45) is 0 Å². The van der Waals surface area contributed by atoms with Crippen LogP contribution >= 0.6 is 0 Å². The number of benzene rings is 1. The molecule has 2 aromatic heterocycles. The molecule has 3 aromatic rings. The van der Waals surface area contributed by atoms with Crippen LogP contribution in [-0.2, 0) is 5.41 Å². The molecule has 4 nitrogen and oxygen atoms in total. The third-order valence-electron chi connectivity index (χ3n) is 6.18. The van der Waals surface area contributed by atoms with E-state index in [4.69, 9.17) is 0 Å². The predicted octanol–water partition coefficient (Wildman–Crippen LogP) is 3.95. The number of anilines is 1.